The minimum absolute atomic E-state index is 0.162. The van der Waals surface area contributed by atoms with Crippen LogP contribution in [0.5, 0.6) is 5.88 Å². The zero-order chi connectivity index (χ0) is 14.3. The number of rotatable bonds is 8. The van der Waals surface area contributed by atoms with Gasteiger partial charge in [0.1, 0.15) is 12.1 Å². The van der Waals surface area contributed by atoms with E-state index in [1.807, 2.05) is 6.07 Å². The third-order valence-corrected chi connectivity index (χ3v) is 2.84. The van der Waals surface area contributed by atoms with Gasteiger partial charge in [-0.3, -0.25) is 0 Å². The summed E-state index contributed by atoms with van der Waals surface area (Å²) in [6.45, 7) is 9.77. The molecule has 0 radical (unpaired) electrons. The van der Waals surface area contributed by atoms with Gasteiger partial charge in [-0.2, -0.15) is 0 Å². The second-order valence-electron chi connectivity index (χ2n) is 5.58. The maximum Gasteiger partial charge on any atom is 0.218 e. The van der Waals surface area contributed by atoms with E-state index in [0.29, 0.717) is 24.9 Å². The Morgan fingerprint density at radius 1 is 1.42 bits per heavy atom. The van der Waals surface area contributed by atoms with E-state index in [1.165, 1.54) is 6.33 Å². The Bertz CT molecular complexity index is 383. The van der Waals surface area contributed by atoms with Crippen molar-refractivity contribution in [1.29, 1.82) is 0 Å². The average Bonchev–Trinajstić information content (AvgIpc) is 2.35. The van der Waals surface area contributed by atoms with Crippen molar-refractivity contribution in [3.8, 4) is 5.88 Å². The predicted molar refractivity (Wildman–Crippen MR) is 78.4 cm³/mol. The van der Waals surface area contributed by atoms with Gasteiger partial charge >= 0.3 is 0 Å². The van der Waals surface area contributed by atoms with Gasteiger partial charge in [0.25, 0.3) is 0 Å². The summed E-state index contributed by atoms with van der Waals surface area (Å²) >= 11 is 0. The summed E-state index contributed by atoms with van der Waals surface area (Å²) < 4.78 is 5.50. The van der Waals surface area contributed by atoms with E-state index in [-0.39, 0.29) is 5.54 Å². The highest BCUT2D eigenvalue weighted by molar-refractivity contribution is 5.40. The first kappa shape index (κ1) is 15.7. The average molecular weight is 266 g/mol. The lowest BCUT2D eigenvalue weighted by Gasteiger charge is -2.31. The topological polar surface area (TPSA) is 73.1 Å². The molecule has 5 nitrogen and oxygen atoms in total. The Morgan fingerprint density at radius 2 is 2.16 bits per heavy atom. The largest absolute Gasteiger partial charge is 0.478 e. The highest BCUT2D eigenvalue weighted by atomic mass is 16.5. The van der Waals surface area contributed by atoms with Crippen molar-refractivity contribution in [2.75, 3.05) is 18.5 Å². The van der Waals surface area contributed by atoms with Gasteiger partial charge in [-0.15, -0.1) is 0 Å². The highest BCUT2D eigenvalue weighted by Crippen LogP contribution is 2.21. The van der Waals surface area contributed by atoms with Crippen molar-refractivity contribution < 1.29 is 4.74 Å². The Labute approximate surface area is 116 Å². The summed E-state index contributed by atoms with van der Waals surface area (Å²) in [5.74, 6) is 1.93. The maximum atomic E-state index is 5.88. The molecule has 0 saturated carbocycles. The molecule has 108 valence electrons. The third kappa shape index (κ3) is 5.42. The summed E-state index contributed by atoms with van der Waals surface area (Å²) in [4.78, 5) is 8.32. The zero-order valence-electron chi connectivity index (χ0n) is 12.4. The lowest BCUT2D eigenvalue weighted by atomic mass is 9.91. The summed E-state index contributed by atoms with van der Waals surface area (Å²) in [6.07, 6.45) is 3.46. The van der Waals surface area contributed by atoms with E-state index in [1.54, 1.807) is 0 Å². The van der Waals surface area contributed by atoms with Crippen LogP contribution in [0.2, 0.25) is 0 Å². The van der Waals surface area contributed by atoms with E-state index in [4.69, 9.17) is 10.5 Å². The fourth-order valence-electron chi connectivity index (χ4n) is 2.09. The molecule has 0 bridgehead atoms. The Hall–Kier alpha value is -1.36. The molecule has 0 amide bonds. The molecule has 19 heavy (non-hydrogen) atoms. The number of nitrogens with two attached hydrogens (primary N) is 1. The number of ether oxygens (including phenoxy) is 1. The third-order valence-electron chi connectivity index (χ3n) is 2.84. The fraction of sp³-hybridized carbons (Fsp3) is 0.714. The van der Waals surface area contributed by atoms with Gasteiger partial charge < -0.3 is 15.8 Å². The van der Waals surface area contributed by atoms with Gasteiger partial charge in [-0.05, 0) is 25.7 Å². The van der Waals surface area contributed by atoms with Crippen LogP contribution in [-0.2, 0) is 0 Å². The van der Waals surface area contributed by atoms with Crippen molar-refractivity contribution >= 4 is 5.82 Å². The van der Waals surface area contributed by atoms with Crippen molar-refractivity contribution in [2.45, 2.75) is 46.1 Å². The Morgan fingerprint density at radius 3 is 2.74 bits per heavy atom. The van der Waals surface area contributed by atoms with Crippen LogP contribution >= 0.6 is 0 Å². The SMILES string of the molecule is CCCOc1cc(NC(C)(CN)CC(C)C)ncn1. The molecule has 1 heterocycles. The molecule has 0 aliphatic carbocycles. The number of nitrogens with zero attached hydrogens (tertiary/aromatic N) is 2. The molecule has 1 unspecified atom stereocenters. The minimum atomic E-state index is -0.162. The van der Waals surface area contributed by atoms with E-state index < -0.39 is 0 Å². The quantitative estimate of drug-likeness (QED) is 0.756. The van der Waals surface area contributed by atoms with E-state index in [0.717, 1.165) is 18.7 Å². The van der Waals surface area contributed by atoms with Crippen LogP contribution in [-0.4, -0.2) is 28.7 Å². The van der Waals surface area contributed by atoms with Crippen molar-refractivity contribution in [2.24, 2.45) is 11.7 Å². The van der Waals surface area contributed by atoms with Crippen LogP contribution in [0, 0.1) is 5.92 Å². The normalized spacial score (nSPS) is 14.2. The lowest BCUT2D eigenvalue weighted by Crippen LogP contribution is -2.43. The fourth-order valence-corrected chi connectivity index (χ4v) is 2.09. The standard InChI is InChI=1S/C14H26N4O/c1-5-6-19-13-7-12(16-10-17-13)18-14(4,9-15)8-11(2)3/h7,10-11H,5-6,8-9,15H2,1-4H3,(H,16,17,18). The number of nitrogens with one attached hydrogen (secondary N) is 1. The van der Waals surface area contributed by atoms with Gasteiger partial charge in [0.05, 0.1) is 6.61 Å². The molecule has 0 aliphatic rings. The molecular weight excluding hydrogens is 240 g/mol. The van der Waals surface area contributed by atoms with E-state index in [9.17, 15) is 0 Å². The minimum Gasteiger partial charge on any atom is -0.478 e. The molecule has 0 spiro atoms. The molecule has 1 aromatic rings. The number of aromatic nitrogens is 2. The van der Waals surface area contributed by atoms with Crippen LogP contribution < -0.4 is 15.8 Å². The molecule has 0 aliphatic heterocycles. The van der Waals surface area contributed by atoms with Crippen LogP contribution in [0.4, 0.5) is 5.82 Å². The molecule has 0 saturated heterocycles. The molecule has 5 heteroatoms. The monoisotopic (exact) mass is 266 g/mol. The molecule has 1 aromatic heterocycles. The first-order valence-electron chi connectivity index (χ1n) is 6.92. The van der Waals surface area contributed by atoms with Crippen LogP contribution in [0.25, 0.3) is 0 Å². The van der Waals surface area contributed by atoms with Crippen molar-refractivity contribution in [3.05, 3.63) is 12.4 Å². The highest BCUT2D eigenvalue weighted by Gasteiger charge is 2.24. The van der Waals surface area contributed by atoms with Crippen LogP contribution in [0.1, 0.15) is 40.5 Å². The van der Waals surface area contributed by atoms with Gasteiger partial charge in [-0.25, -0.2) is 9.97 Å². The second-order valence-corrected chi connectivity index (χ2v) is 5.58. The summed E-state index contributed by atoms with van der Waals surface area (Å²) in [5.41, 5.74) is 5.72. The van der Waals surface area contributed by atoms with Crippen LogP contribution in [0.3, 0.4) is 0 Å². The molecule has 1 rings (SSSR count). The number of hydrogen-bond acceptors (Lipinski definition) is 5. The number of hydrogen-bond donors (Lipinski definition) is 2. The molecule has 1 atom stereocenters. The first-order chi connectivity index (χ1) is 8.99. The van der Waals surface area contributed by atoms with E-state index in [2.05, 4.69) is 43.0 Å². The lowest BCUT2D eigenvalue weighted by molar-refractivity contribution is 0.304. The smallest absolute Gasteiger partial charge is 0.218 e. The molecule has 0 fully saturated rings. The van der Waals surface area contributed by atoms with Crippen molar-refractivity contribution in [3.63, 3.8) is 0 Å². The maximum absolute atomic E-state index is 5.88. The predicted octanol–water partition coefficient (Wildman–Crippen LogP) is 2.44. The van der Waals surface area contributed by atoms with Gasteiger partial charge in [0, 0.05) is 18.2 Å². The zero-order valence-corrected chi connectivity index (χ0v) is 12.4. The van der Waals surface area contributed by atoms with E-state index >= 15 is 0 Å². The summed E-state index contributed by atoms with van der Waals surface area (Å²) in [7, 11) is 0. The summed E-state index contributed by atoms with van der Waals surface area (Å²) in [5, 5.41) is 3.40. The first-order valence-corrected chi connectivity index (χ1v) is 6.92. The Kier molecular flexibility index (Phi) is 6.02. The Balaban J connectivity index is 2.73. The van der Waals surface area contributed by atoms with Gasteiger partial charge in [0.15, 0.2) is 0 Å². The molecular formula is C14H26N4O. The molecule has 3 N–H and O–H groups in total. The van der Waals surface area contributed by atoms with Gasteiger partial charge in [-0.1, -0.05) is 20.8 Å². The second kappa shape index (κ2) is 7.28. The summed E-state index contributed by atoms with van der Waals surface area (Å²) in [6, 6.07) is 1.82. The van der Waals surface area contributed by atoms with Crippen LogP contribution in [0.15, 0.2) is 12.4 Å². The molecule has 0 aromatic carbocycles. The van der Waals surface area contributed by atoms with Gasteiger partial charge in [0.2, 0.25) is 5.88 Å². The van der Waals surface area contributed by atoms with Crippen molar-refractivity contribution in [1.82, 2.24) is 9.97 Å². The number of anilines is 1.